The molecule has 0 bridgehead atoms. The molecule has 0 fully saturated rings. The molecule has 1 heterocycles. The van der Waals surface area contributed by atoms with E-state index in [0.717, 1.165) is 36.5 Å². The Bertz CT molecular complexity index is 419. The van der Waals surface area contributed by atoms with Gasteiger partial charge < -0.3 is 10.7 Å². The van der Waals surface area contributed by atoms with Gasteiger partial charge in [0.1, 0.15) is 17.5 Å². The predicted molar refractivity (Wildman–Crippen MR) is 85.7 cm³/mol. The lowest BCUT2D eigenvalue weighted by Gasteiger charge is -2.20. The molecule has 5 heteroatoms. The molecule has 0 aliphatic rings. The van der Waals surface area contributed by atoms with Gasteiger partial charge in [-0.05, 0) is 32.6 Å². The first kappa shape index (κ1) is 16.7. The molecule has 1 rings (SSSR count). The maximum absolute atomic E-state index is 5.55. The number of anilines is 2. The van der Waals surface area contributed by atoms with Crippen LogP contribution in [0.25, 0.3) is 0 Å². The number of nitrogens with one attached hydrogen (secondary N) is 2. The number of aromatic nitrogens is 2. The van der Waals surface area contributed by atoms with E-state index in [2.05, 4.69) is 48.4 Å². The van der Waals surface area contributed by atoms with Crippen molar-refractivity contribution >= 4 is 11.6 Å². The Kier molecular flexibility index (Phi) is 6.71. The van der Waals surface area contributed by atoms with Gasteiger partial charge in [-0.3, -0.25) is 0 Å². The van der Waals surface area contributed by atoms with E-state index in [9.17, 15) is 0 Å². The molecular weight excluding hydrogens is 250 g/mol. The van der Waals surface area contributed by atoms with Crippen LogP contribution in [0.5, 0.6) is 0 Å². The fourth-order valence-electron chi connectivity index (χ4n) is 2.24. The summed E-state index contributed by atoms with van der Waals surface area (Å²) in [5, 5.41) is 3.50. The maximum atomic E-state index is 5.55. The smallest absolute Gasteiger partial charge is 0.148 e. The lowest BCUT2D eigenvalue weighted by atomic mass is 10.0. The van der Waals surface area contributed by atoms with Crippen molar-refractivity contribution in [3.05, 3.63) is 11.4 Å². The van der Waals surface area contributed by atoms with Crippen LogP contribution in [0, 0.1) is 12.8 Å². The Balaban J connectivity index is 2.89. The second-order valence-electron chi connectivity index (χ2n) is 5.65. The highest BCUT2D eigenvalue weighted by Gasteiger charge is 2.13. The lowest BCUT2D eigenvalue weighted by Crippen LogP contribution is -2.21. The SMILES string of the molecule is CCCc1nc(NN)c(C)c(NC(C)CC(C)CC)n1. The third-order valence-electron chi connectivity index (χ3n) is 3.64. The van der Waals surface area contributed by atoms with E-state index in [1.54, 1.807) is 0 Å². The summed E-state index contributed by atoms with van der Waals surface area (Å²) in [4.78, 5) is 9.06. The molecule has 0 aliphatic carbocycles. The number of aryl methyl sites for hydroxylation is 1. The summed E-state index contributed by atoms with van der Waals surface area (Å²) in [6, 6.07) is 0.388. The predicted octanol–water partition coefficient (Wildman–Crippen LogP) is 3.26. The van der Waals surface area contributed by atoms with E-state index in [1.807, 2.05) is 6.92 Å². The number of nitrogens with zero attached hydrogens (tertiary/aromatic N) is 2. The van der Waals surface area contributed by atoms with Crippen molar-refractivity contribution in [1.82, 2.24) is 9.97 Å². The number of hydrogen-bond acceptors (Lipinski definition) is 5. The van der Waals surface area contributed by atoms with Crippen LogP contribution < -0.4 is 16.6 Å². The van der Waals surface area contributed by atoms with Crippen molar-refractivity contribution in [1.29, 1.82) is 0 Å². The summed E-state index contributed by atoms with van der Waals surface area (Å²) in [6.07, 6.45) is 4.22. The molecule has 5 nitrogen and oxygen atoms in total. The number of nitrogen functional groups attached to an aromatic ring is 1. The van der Waals surface area contributed by atoms with Crippen molar-refractivity contribution < 1.29 is 0 Å². The Morgan fingerprint density at radius 1 is 1.15 bits per heavy atom. The fraction of sp³-hybridized carbons (Fsp3) is 0.733. The van der Waals surface area contributed by atoms with Gasteiger partial charge in [0.05, 0.1) is 0 Å². The van der Waals surface area contributed by atoms with Crippen LogP contribution in [0.4, 0.5) is 11.6 Å². The monoisotopic (exact) mass is 279 g/mol. The van der Waals surface area contributed by atoms with Gasteiger partial charge in [0.2, 0.25) is 0 Å². The summed E-state index contributed by atoms with van der Waals surface area (Å²) < 4.78 is 0. The van der Waals surface area contributed by atoms with Crippen molar-refractivity contribution in [2.24, 2.45) is 11.8 Å². The van der Waals surface area contributed by atoms with Gasteiger partial charge in [-0.1, -0.05) is 27.2 Å². The highest BCUT2D eigenvalue weighted by Crippen LogP contribution is 2.22. The van der Waals surface area contributed by atoms with Gasteiger partial charge in [0.25, 0.3) is 0 Å². The molecule has 0 saturated carbocycles. The molecule has 0 saturated heterocycles. The lowest BCUT2D eigenvalue weighted by molar-refractivity contribution is 0.483. The first-order valence-electron chi connectivity index (χ1n) is 7.62. The van der Waals surface area contributed by atoms with E-state index in [0.29, 0.717) is 17.8 Å². The number of rotatable bonds is 8. The van der Waals surface area contributed by atoms with Gasteiger partial charge in [0.15, 0.2) is 0 Å². The number of nitrogens with two attached hydrogens (primary N) is 1. The molecule has 1 aromatic heterocycles. The molecule has 0 aliphatic heterocycles. The van der Waals surface area contributed by atoms with Gasteiger partial charge >= 0.3 is 0 Å². The first-order chi connectivity index (χ1) is 9.51. The van der Waals surface area contributed by atoms with Crippen LogP contribution in [-0.4, -0.2) is 16.0 Å². The molecule has 20 heavy (non-hydrogen) atoms. The van der Waals surface area contributed by atoms with Crippen LogP contribution in [-0.2, 0) is 6.42 Å². The summed E-state index contributed by atoms with van der Waals surface area (Å²) in [7, 11) is 0. The summed E-state index contributed by atoms with van der Waals surface area (Å²) in [6.45, 7) is 10.8. The van der Waals surface area contributed by atoms with E-state index < -0.39 is 0 Å². The molecule has 0 spiro atoms. The van der Waals surface area contributed by atoms with Gasteiger partial charge in [-0.15, -0.1) is 0 Å². The summed E-state index contributed by atoms with van der Waals surface area (Å²) >= 11 is 0. The molecule has 1 aromatic rings. The molecule has 114 valence electrons. The van der Waals surface area contributed by atoms with Crippen LogP contribution in [0.3, 0.4) is 0 Å². The highest BCUT2D eigenvalue weighted by molar-refractivity contribution is 5.57. The normalized spacial score (nSPS) is 13.9. The van der Waals surface area contributed by atoms with Crippen LogP contribution in [0.1, 0.15) is 58.3 Å². The minimum atomic E-state index is 0.388. The minimum absolute atomic E-state index is 0.388. The van der Waals surface area contributed by atoms with Gasteiger partial charge in [-0.2, -0.15) is 0 Å². The highest BCUT2D eigenvalue weighted by atomic mass is 15.3. The quantitative estimate of drug-likeness (QED) is 0.503. The zero-order valence-electron chi connectivity index (χ0n) is 13.5. The second kappa shape index (κ2) is 8.04. The third kappa shape index (κ3) is 4.63. The van der Waals surface area contributed by atoms with E-state index in [1.165, 1.54) is 6.42 Å². The van der Waals surface area contributed by atoms with Gasteiger partial charge in [0, 0.05) is 18.0 Å². The molecule has 4 N–H and O–H groups in total. The van der Waals surface area contributed by atoms with E-state index >= 15 is 0 Å². The standard InChI is InChI=1S/C15H29N5/c1-6-8-13-18-14(12(5)15(19-13)20-16)17-11(4)9-10(3)7-2/h10-11H,6-9,16H2,1-5H3,(H2,17,18,19,20). The molecule has 0 aromatic carbocycles. The third-order valence-corrected chi connectivity index (χ3v) is 3.64. The minimum Gasteiger partial charge on any atom is -0.367 e. The van der Waals surface area contributed by atoms with Crippen LogP contribution >= 0.6 is 0 Å². The van der Waals surface area contributed by atoms with Crippen molar-refractivity contribution in [3.63, 3.8) is 0 Å². The first-order valence-corrected chi connectivity index (χ1v) is 7.62. The second-order valence-corrected chi connectivity index (χ2v) is 5.65. The Morgan fingerprint density at radius 3 is 2.35 bits per heavy atom. The number of hydrogen-bond donors (Lipinski definition) is 3. The molecule has 0 amide bonds. The Morgan fingerprint density at radius 2 is 1.80 bits per heavy atom. The summed E-state index contributed by atoms with van der Waals surface area (Å²) in [5.41, 5.74) is 3.64. The molecule has 2 unspecified atom stereocenters. The van der Waals surface area contributed by atoms with E-state index in [4.69, 9.17) is 5.84 Å². The summed E-state index contributed by atoms with van der Waals surface area (Å²) in [5.74, 6) is 8.70. The van der Waals surface area contributed by atoms with E-state index in [-0.39, 0.29) is 0 Å². The fourth-order valence-corrected chi connectivity index (χ4v) is 2.24. The maximum Gasteiger partial charge on any atom is 0.148 e. The zero-order chi connectivity index (χ0) is 15.1. The molecule has 0 radical (unpaired) electrons. The average molecular weight is 279 g/mol. The van der Waals surface area contributed by atoms with Gasteiger partial charge in [-0.25, -0.2) is 15.8 Å². The van der Waals surface area contributed by atoms with Crippen LogP contribution in [0.15, 0.2) is 0 Å². The molecular formula is C15H29N5. The Hall–Kier alpha value is -1.36. The number of hydrazine groups is 1. The van der Waals surface area contributed by atoms with Crippen molar-refractivity contribution in [2.75, 3.05) is 10.7 Å². The van der Waals surface area contributed by atoms with Crippen molar-refractivity contribution in [2.45, 2.75) is 66.3 Å². The topological polar surface area (TPSA) is 75.9 Å². The average Bonchev–Trinajstić information content (AvgIpc) is 2.42. The molecule has 2 atom stereocenters. The van der Waals surface area contributed by atoms with Crippen LogP contribution in [0.2, 0.25) is 0 Å². The Labute approximate surface area is 122 Å². The largest absolute Gasteiger partial charge is 0.367 e. The van der Waals surface area contributed by atoms with Crippen molar-refractivity contribution in [3.8, 4) is 0 Å². The zero-order valence-corrected chi connectivity index (χ0v) is 13.5.